The summed E-state index contributed by atoms with van der Waals surface area (Å²) in [6.45, 7) is 1.77. The highest BCUT2D eigenvalue weighted by atomic mass is 16.5. The van der Waals surface area contributed by atoms with Crippen LogP contribution in [-0.4, -0.2) is 25.1 Å². The average molecular weight is 326 g/mol. The van der Waals surface area contributed by atoms with Gasteiger partial charge < -0.3 is 19.2 Å². The van der Waals surface area contributed by atoms with Crippen LogP contribution in [0.2, 0.25) is 0 Å². The van der Waals surface area contributed by atoms with Gasteiger partial charge in [-0.15, -0.1) is 0 Å². The summed E-state index contributed by atoms with van der Waals surface area (Å²) in [5.74, 6) is 1.63. The molecule has 0 fully saturated rings. The summed E-state index contributed by atoms with van der Waals surface area (Å²) in [6, 6.07) is 10.9. The number of methoxy groups -OCH3 is 2. The number of carbonyl (C=O) groups excluding carboxylic acids is 1. The Bertz CT molecular complexity index is 886. The Morgan fingerprint density at radius 3 is 2.71 bits per heavy atom. The fourth-order valence-electron chi connectivity index (χ4n) is 2.53. The van der Waals surface area contributed by atoms with E-state index in [1.807, 2.05) is 18.2 Å². The zero-order valence-electron chi connectivity index (χ0n) is 13.8. The predicted octanol–water partition coefficient (Wildman–Crippen LogP) is 3.33. The molecule has 3 rings (SSSR count). The summed E-state index contributed by atoms with van der Waals surface area (Å²) in [5, 5.41) is 2.87. The topological polar surface area (TPSA) is 73.6 Å². The standard InChI is InChI=1S/C18H18N2O4/c1-11-19-13-5-4-6-14(18(13)24-11)20-17(21)10-12-7-8-15(22-2)16(9-12)23-3/h4-9H,10H2,1-3H3,(H,20,21). The van der Waals surface area contributed by atoms with E-state index in [1.165, 1.54) is 0 Å². The molecule has 6 nitrogen and oxygen atoms in total. The average Bonchev–Trinajstić information content (AvgIpc) is 2.96. The zero-order valence-corrected chi connectivity index (χ0v) is 13.8. The highest BCUT2D eigenvalue weighted by molar-refractivity contribution is 5.99. The Labute approximate surface area is 139 Å². The maximum absolute atomic E-state index is 12.3. The molecule has 124 valence electrons. The van der Waals surface area contributed by atoms with E-state index in [2.05, 4.69) is 10.3 Å². The lowest BCUT2D eigenvalue weighted by atomic mass is 10.1. The molecule has 0 saturated carbocycles. The van der Waals surface area contributed by atoms with Crippen molar-refractivity contribution >= 4 is 22.7 Å². The molecule has 1 N–H and O–H groups in total. The lowest BCUT2D eigenvalue weighted by Gasteiger charge is -2.10. The summed E-state index contributed by atoms with van der Waals surface area (Å²) in [7, 11) is 3.14. The quantitative estimate of drug-likeness (QED) is 0.778. The summed E-state index contributed by atoms with van der Waals surface area (Å²) < 4.78 is 16.0. The summed E-state index contributed by atoms with van der Waals surface area (Å²) >= 11 is 0. The van der Waals surface area contributed by atoms with Crippen molar-refractivity contribution < 1.29 is 18.7 Å². The minimum atomic E-state index is -0.149. The molecule has 0 spiro atoms. The van der Waals surface area contributed by atoms with Gasteiger partial charge in [0.25, 0.3) is 0 Å². The van der Waals surface area contributed by atoms with Crippen LogP contribution in [-0.2, 0) is 11.2 Å². The number of fused-ring (bicyclic) bond motifs is 1. The van der Waals surface area contributed by atoms with Gasteiger partial charge in [-0.1, -0.05) is 12.1 Å². The van der Waals surface area contributed by atoms with E-state index in [-0.39, 0.29) is 12.3 Å². The van der Waals surface area contributed by atoms with Crippen LogP contribution in [0.25, 0.3) is 11.1 Å². The number of anilines is 1. The normalized spacial score (nSPS) is 10.6. The molecule has 0 aliphatic heterocycles. The van der Waals surface area contributed by atoms with Crippen molar-refractivity contribution in [2.75, 3.05) is 19.5 Å². The van der Waals surface area contributed by atoms with Crippen LogP contribution in [0.4, 0.5) is 5.69 Å². The molecular formula is C18H18N2O4. The van der Waals surface area contributed by atoms with E-state index in [9.17, 15) is 4.79 Å². The molecule has 0 aliphatic rings. The number of para-hydroxylation sites is 1. The second kappa shape index (κ2) is 6.62. The molecular weight excluding hydrogens is 308 g/mol. The number of oxazole rings is 1. The highest BCUT2D eigenvalue weighted by Gasteiger charge is 2.12. The maximum Gasteiger partial charge on any atom is 0.228 e. The fourth-order valence-corrected chi connectivity index (χ4v) is 2.53. The van der Waals surface area contributed by atoms with Crippen molar-refractivity contribution in [1.82, 2.24) is 4.98 Å². The predicted molar refractivity (Wildman–Crippen MR) is 90.6 cm³/mol. The number of carbonyl (C=O) groups is 1. The van der Waals surface area contributed by atoms with E-state index in [1.54, 1.807) is 39.3 Å². The SMILES string of the molecule is COc1ccc(CC(=O)Nc2cccc3nc(C)oc23)cc1OC. The fraction of sp³-hybridized carbons (Fsp3) is 0.222. The van der Waals surface area contributed by atoms with Crippen LogP contribution in [0, 0.1) is 6.92 Å². The summed E-state index contributed by atoms with van der Waals surface area (Å²) in [4.78, 5) is 16.6. The van der Waals surface area contributed by atoms with Gasteiger partial charge in [-0.3, -0.25) is 4.79 Å². The number of amides is 1. The Balaban J connectivity index is 1.78. The zero-order chi connectivity index (χ0) is 17.1. The number of ether oxygens (including phenoxy) is 2. The molecule has 0 bridgehead atoms. The molecule has 1 amide bonds. The molecule has 3 aromatic rings. The summed E-state index contributed by atoms with van der Waals surface area (Å²) in [6.07, 6.45) is 0.212. The number of aryl methyl sites for hydroxylation is 1. The number of benzene rings is 2. The van der Waals surface area contributed by atoms with E-state index in [0.717, 1.165) is 11.1 Å². The van der Waals surface area contributed by atoms with Crippen molar-refractivity contribution in [2.24, 2.45) is 0 Å². The lowest BCUT2D eigenvalue weighted by Crippen LogP contribution is -2.14. The maximum atomic E-state index is 12.3. The number of hydrogen-bond donors (Lipinski definition) is 1. The molecule has 0 aliphatic carbocycles. The molecule has 6 heteroatoms. The first-order valence-electron chi connectivity index (χ1n) is 7.47. The van der Waals surface area contributed by atoms with E-state index in [4.69, 9.17) is 13.9 Å². The third-order valence-electron chi connectivity index (χ3n) is 3.61. The Kier molecular flexibility index (Phi) is 4.37. The number of rotatable bonds is 5. The lowest BCUT2D eigenvalue weighted by molar-refractivity contribution is -0.115. The van der Waals surface area contributed by atoms with Crippen molar-refractivity contribution in [3.8, 4) is 11.5 Å². The van der Waals surface area contributed by atoms with Crippen molar-refractivity contribution in [2.45, 2.75) is 13.3 Å². The van der Waals surface area contributed by atoms with Crippen molar-refractivity contribution in [3.05, 3.63) is 47.9 Å². The van der Waals surface area contributed by atoms with Crippen LogP contribution < -0.4 is 14.8 Å². The van der Waals surface area contributed by atoms with Crippen LogP contribution in [0.15, 0.2) is 40.8 Å². The molecule has 0 unspecified atom stereocenters. The summed E-state index contributed by atoms with van der Waals surface area (Å²) in [5.41, 5.74) is 2.73. The van der Waals surface area contributed by atoms with Crippen molar-refractivity contribution in [3.63, 3.8) is 0 Å². The molecule has 1 aromatic heterocycles. The second-order valence-electron chi connectivity index (χ2n) is 5.30. The minimum absolute atomic E-state index is 0.149. The van der Waals surface area contributed by atoms with E-state index >= 15 is 0 Å². The molecule has 0 saturated heterocycles. The third kappa shape index (κ3) is 3.17. The first kappa shape index (κ1) is 15.9. The molecule has 0 atom stereocenters. The highest BCUT2D eigenvalue weighted by Crippen LogP contribution is 2.28. The van der Waals surface area contributed by atoms with Gasteiger partial charge in [0.1, 0.15) is 5.52 Å². The van der Waals surface area contributed by atoms with Crippen LogP contribution >= 0.6 is 0 Å². The van der Waals surface area contributed by atoms with E-state index < -0.39 is 0 Å². The molecule has 2 aromatic carbocycles. The van der Waals surface area contributed by atoms with Crippen LogP contribution in [0.5, 0.6) is 11.5 Å². The van der Waals surface area contributed by atoms with Gasteiger partial charge in [-0.2, -0.15) is 0 Å². The Morgan fingerprint density at radius 1 is 1.17 bits per heavy atom. The third-order valence-corrected chi connectivity index (χ3v) is 3.61. The Morgan fingerprint density at radius 2 is 1.96 bits per heavy atom. The second-order valence-corrected chi connectivity index (χ2v) is 5.30. The van der Waals surface area contributed by atoms with Gasteiger partial charge in [0.05, 0.1) is 26.3 Å². The minimum Gasteiger partial charge on any atom is -0.493 e. The van der Waals surface area contributed by atoms with Gasteiger partial charge in [0, 0.05) is 6.92 Å². The number of nitrogens with one attached hydrogen (secondary N) is 1. The first-order chi connectivity index (χ1) is 11.6. The van der Waals surface area contributed by atoms with Crippen LogP contribution in [0.3, 0.4) is 0 Å². The number of hydrogen-bond acceptors (Lipinski definition) is 5. The Hall–Kier alpha value is -3.02. The number of aromatic nitrogens is 1. The van der Waals surface area contributed by atoms with Gasteiger partial charge in [-0.05, 0) is 29.8 Å². The number of nitrogens with zero attached hydrogens (tertiary/aromatic N) is 1. The van der Waals surface area contributed by atoms with E-state index in [0.29, 0.717) is 28.7 Å². The molecule has 0 radical (unpaired) electrons. The van der Waals surface area contributed by atoms with Gasteiger partial charge in [0.2, 0.25) is 5.91 Å². The largest absolute Gasteiger partial charge is 0.493 e. The molecule has 1 heterocycles. The van der Waals surface area contributed by atoms with Gasteiger partial charge >= 0.3 is 0 Å². The first-order valence-corrected chi connectivity index (χ1v) is 7.47. The van der Waals surface area contributed by atoms with Gasteiger partial charge in [-0.25, -0.2) is 4.98 Å². The monoisotopic (exact) mass is 326 g/mol. The van der Waals surface area contributed by atoms with Crippen LogP contribution in [0.1, 0.15) is 11.5 Å². The smallest absolute Gasteiger partial charge is 0.228 e. The van der Waals surface area contributed by atoms with Crippen molar-refractivity contribution in [1.29, 1.82) is 0 Å². The molecule has 24 heavy (non-hydrogen) atoms. The van der Waals surface area contributed by atoms with Gasteiger partial charge in [0.15, 0.2) is 23.0 Å².